The number of methoxy groups -OCH3 is 1. The lowest BCUT2D eigenvalue weighted by Gasteiger charge is -2.32. The molecule has 9 nitrogen and oxygen atoms in total. The monoisotopic (exact) mass is 409 g/mol. The van der Waals surface area contributed by atoms with Gasteiger partial charge >= 0.3 is 0 Å². The smallest absolute Gasteiger partial charge is 0.274 e. The van der Waals surface area contributed by atoms with E-state index in [1.165, 1.54) is 0 Å². The number of hydrogen-bond donors (Lipinski definition) is 1. The summed E-state index contributed by atoms with van der Waals surface area (Å²) < 4.78 is 5.26. The summed E-state index contributed by atoms with van der Waals surface area (Å²) >= 11 is 0. The van der Waals surface area contributed by atoms with Crippen molar-refractivity contribution in [2.24, 2.45) is 0 Å². The van der Waals surface area contributed by atoms with E-state index in [1.54, 1.807) is 19.5 Å². The number of anilines is 1. The molecule has 9 heteroatoms. The molecule has 1 aromatic carbocycles. The second kappa shape index (κ2) is 8.66. The summed E-state index contributed by atoms with van der Waals surface area (Å²) in [5.41, 5.74) is 2.25. The van der Waals surface area contributed by atoms with Crippen LogP contribution in [0.5, 0.6) is 5.75 Å². The van der Waals surface area contributed by atoms with Gasteiger partial charge in [0.05, 0.1) is 30.5 Å². The van der Waals surface area contributed by atoms with Crippen molar-refractivity contribution in [3.8, 4) is 5.75 Å². The molecule has 0 radical (unpaired) electrons. The van der Waals surface area contributed by atoms with Crippen molar-refractivity contribution in [1.82, 2.24) is 29.7 Å². The van der Waals surface area contributed by atoms with E-state index >= 15 is 0 Å². The SMILES string of the molecule is COc1ccc2nc(CCN(C)c3cncc(C(=O)N4CCN(C)CC4)n3)[nH]c2c1. The number of carbonyl (C=O) groups excluding carboxylic acids is 1. The van der Waals surface area contributed by atoms with Gasteiger partial charge in [0.1, 0.15) is 23.1 Å². The summed E-state index contributed by atoms with van der Waals surface area (Å²) in [5, 5.41) is 0. The minimum absolute atomic E-state index is 0.0583. The van der Waals surface area contributed by atoms with Crippen molar-refractivity contribution in [3.05, 3.63) is 42.1 Å². The number of rotatable bonds is 6. The van der Waals surface area contributed by atoms with Crippen LogP contribution in [0, 0.1) is 0 Å². The summed E-state index contributed by atoms with van der Waals surface area (Å²) in [6, 6.07) is 5.78. The average molecular weight is 409 g/mol. The van der Waals surface area contributed by atoms with Crippen LogP contribution in [0.25, 0.3) is 11.0 Å². The maximum atomic E-state index is 12.8. The van der Waals surface area contributed by atoms with Gasteiger partial charge in [-0.1, -0.05) is 0 Å². The van der Waals surface area contributed by atoms with Crippen LogP contribution in [0.2, 0.25) is 0 Å². The Balaban J connectivity index is 1.40. The molecule has 1 amide bonds. The zero-order valence-electron chi connectivity index (χ0n) is 17.6. The molecule has 3 heterocycles. The second-order valence-electron chi connectivity index (χ2n) is 7.60. The Labute approximate surface area is 175 Å². The number of likely N-dealkylation sites (N-methyl/N-ethyl adjacent to an activating group) is 2. The Hall–Kier alpha value is -3.20. The van der Waals surface area contributed by atoms with Crippen LogP contribution in [0.1, 0.15) is 16.3 Å². The Morgan fingerprint density at radius 2 is 2.00 bits per heavy atom. The van der Waals surface area contributed by atoms with E-state index in [4.69, 9.17) is 4.74 Å². The first kappa shape index (κ1) is 20.1. The number of hydrogen-bond acceptors (Lipinski definition) is 7. The molecule has 0 saturated carbocycles. The fraction of sp³-hybridized carbons (Fsp3) is 0.429. The predicted octanol–water partition coefficient (Wildman–Crippen LogP) is 1.43. The lowest BCUT2D eigenvalue weighted by molar-refractivity contribution is 0.0658. The standard InChI is InChI=1S/C21H27N7O2/c1-26-8-10-28(11-9-26)21(29)18-13-22-14-20(25-18)27(2)7-6-19-23-16-5-4-15(30-3)12-17(16)24-19/h4-5,12-14H,6-11H2,1-3H3,(H,23,24). The third-order valence-corrected chi connectivity index (χ3v) is 5.44. The molecule has 0 bridgehead atoms. The number of H-pyrrole nitrogens is 1. The van der Waals surface area contributed by atoms with E-state index in [-0.39, 0.29) is 5.91 Å². The van der Waals surface area contributed by atoms with Gasteiger partial charge in [0, 0.05) is 52.3 Å². The van der Waals surface area contributed by atoms with Gasteiger partial charge in [0.2, 0.25) is 0 Å². The molecule has 1 N–H and O–H groups in total. The van der Waals surface area contributed by atoms with Crippen LogP contribution in [-0.4, -0.2) is 89.6 Å². The van der Waals surface area contributed by atoms with E-state index < -0.39 is 0 Å². The van der Waals surface area contributed by atoms with Crippen molar-refractivity contribution in [2.75, 3.05) is 58.8 Å². The van der Waals surface area contributed by atoms with Crippen LogP contribution in [0.4, 0.5) is 5.82 Å². The molecule has 1 aliphatic heterocycles. The Kier molecular flexibility index (Phi) is 5.80. The molecule has 1 aliphatic rings. The van der Waals surface area contributed by atoms with E-state index in [1.807, 2.05) is 35.0 Å². The topological polar surface area (TPSA) is 90.5 Å². The highest BCUT2D eigenvalue weighted by Gasteiger charge is 2.22. The Morgan fingerprint density at radius 3 is 2.77 bits per heavy atom. The zero-order chi connectivity index (χ0) is 21.1. The largest absolute Gasteiger partial charge is 0.497 e. The van der Waals surface area contributed by atoms with Gasteiger partial charge in [-0.15, -0.1) is 0 Å². The molecule has 1 fully saturated rings. The second-order valence-corrected chi connectivity index (χ2v) is 7.60. The van der Waals surface area contributed by atoms with Crippen LogP contribution in [-0.2, 0) is 6.42 Å². The molecule has 0 aliphatic carbocycles. The molecular weight excluding hydrogens is 382 g/mol. The Morgan fingerprint density at radius 1 is 1.20 bits per heavy atom. The van der Waals surface area contributed by atoms with Gasteiger partial charge in [0.15, 0.2) is 0 Å². The molecule has 0 spiro atoms. The fourth-order valence-corrected chi connectivity index (χ4v) is 3.49. The maximum Gasteiger partial charge on any atom is 0.274 e. The van der Waals surface area contributed by atoms with Crippen LogP contribution < -0.4 is 9.64 Å². The highest BCUT2D eigenvalue weighted by atomic mass is 16.5. The summed E-state index contributed by atoms with van der Waals surface area (Å²) in [5.74, 6) is 2.31. The van der Waals surface area contributed by atoms with Crippen molar-refractivity contribution in [3.63, 3.8) is 0 Å². The van der Waals surface area contributed by atoms with Gasteiger partial charge < -0.3 is 24.4 Å². The van der Waals surface area contributed by atoms with E-state index in [2.05, 4.69) is 31.9 Å². The summed E-state index contributed by atoms with van der Waals surface area (Å²) in [4.78, 5) is 35.6. The number of piperazine rings is 1. The van der Waals surface area contributed by atoms with Crippen molar-refractivity contribution in [2.45, 2.75) is 6.42 Å². The number of nitrogens with one attached hydrogen (secondary N) is 1. The van der Waals surface area contributed by atoms with Gasteiger partial charge in [-0.25, -0.2) is 9.97 Å². The number of fused-ring (bicyclic) bond motifs is 1. The number of imidazole rings is 1. The van der Waals surface area contributed by atoms with Gasteiger partial charge in [-0.3, -0.25) is 9.78 Å². The minimum Gasteiger partial charge on any atom is -0.497 e. The van der Waals surface area contributed by atoms with Gasteiger partial charge in [-0.2, -0.15) is 0 Å². The van der Waals surface area contributed by atoms with E-state index in [9.17, 15) is 4.79 Å². The zero-order valence-corrected chi connectivity index (χ0v) is 17.6. The summed E-state index contributed by atoms with van der Waals surface area (Å²) in [7, 11) is 5.66. The molecule has 1 saturated heterocycles. The van der Waals surface area contributed by atoms with Crippen molar-refractivity contribution < 1.29 is 9.53 Å². The van der Waals surface area contributed by atoms with Crippen molar-refractivity contribution >= 4 is 22.8 Å². The normalized spacial score (nSPS) is 14.8. The summed E-state index contributed by atoms with van der Waals surface area (Å²) in [6.45, 7) is 3.88. The van der Waals surface area contributed by atoms with Crippen LogP contribution >= 0.6 is 0 Å². The van der Waals surface area contributed by atoms with Gasteiger partial charge in [0.25, 0.3) is 5.91 Å². The number of aromatic nitrogens is 4. The van der Waals surface area contributed by atoms with Crippen molar-refractivity contribution in [1.29, 1.82) is 0 Å². The first-order chi connectivity index (χ1) is 14.5. The number of nitrogens with zero attached hydrogens (tertiary/aromatic N) is 6. The third-order valence-electron chi connectivity index (χ3n) is 5.44. The number of benzene rings is 1. The predicted molar refractivity (Wildman–Crippen MR) is 115 cm³/mol. The molecule has 158 valence electrons. The fourth-order valence-electron chi connectivity index (χ4n) is 3.49. The van der Waals surface area contributed by atoms with E-state index in [0.717, 1.165) is 35.7 Å². The molecule has 30 heavy (non-hydrogen) atoms. The number of aromatic amines is 1. The number of carbonyl (C=O) groups is 1. The van der Waals surface area contributed by atoms with Crippen LogP contribution in [0.15, 0.2) is 30.6 Å². The lowest BCUT2D eigenvalue weighted by Crippen LogP contribution is -2.47. The molecule has 0 unspecified atom stereocenters. The number of amides is 1. The molecule has 3 aromatic rings. The first-order valence-corrected chi connectivity index (χ1v) is 10.1. The number of ether oxygens (including phenoxy) is 1. The highest BCUT2D eigenvalue weighted by molar-refractivity contribution is 5.92. The first-order valence-electron chi connectivity index (χ1n) is 10.1. The minimum atomic E-state index is -0.0583. The quantitative estimate of drug-likeness (QED) is 0.659. The van der Waals surface area contributed by atoms with Crippen LogP contribution in [0.3, 0.4) is 0 Å². The molecule has 4 rings (SSSR count). The third kappa shape index (κ3) is 4.35. The van der Waals surface area contributed by atoms with Gasteiger partial charge in [-0.05, 0) is 19.2 Å². The molecule has 0 atom stereocenters. The molecule has 2 aromatic heterocycles. The molecular formula is C21H27N7O2. The maximum absolute atomic E-state index is 12.8. The summed E-state index contributed by atoms with van der Waals surface area (Å²) in [6.07, 6.45) is 3.95. The Bertz CT molecular complexity index is 1030. The average Bonchev–Trinajstić information content (AvgIpc) is 3.19. The lowest BCUT2D eigenvalue weighted by atomic mass is 10.3. The highest BCUT2D eigenvalue weighted by Crippen LogP contribution is 2.19. The van der Waals surface area contributed by atoms with E-state index in [0.29, 0.717) is 37.6 Å².